The summed E-state index contributed by atoms with van der Waals surface area (Å²) in [4.78, 5) is 25.9. The number of nitrogens with zero attached hydrogens (tertiary/aromatic N) is 1. The lowest BCUT2D eigenvalue weighted by Crippen LogP contribution is -2.42. The summed E-state index contributed by atoms with van der Waals surface area (Å²) in [5.41, 5.74) is 0.671. The fourth-order valence-corrected chi connectivity index (χ4v) is 3.00. The summed E-state index contributed by atoms with van der Waals surface area (Å²) in [5.74, 6) is -3.18. The topological polar surface area (TPSA) is 67.9 Å². The predicted octanol–water partition coefficient (Wildman–Crippen LogP) is 2.95. The summed E-state index contributed by atoms with van der Waals surface area (Å²) in [6.07, 6.45) is 4.35. The molecular formula is C18H21FN2O4. The first-order chi connectivity index (χ1) is 11.9. The highest BCUT2D eigenvalue weighted by molar-refractivity contribution is 6.15. The van der Waals surface area contributed by atoms with Crippen LogP contribution in [0.15, 0.2) is 30.0 Å². The maximum atomic E-state index is 14.4. The summed E-state index contributed by atoms with van der Waals surface area (Å²) in [6, 6.07) is 4.67. The lowest BCUT2D eigenvalue weighted by atomic mass is 10.1. The van der Waals surface area contributed by atoms with Gasteiger partial charge in [-0.05, 0) is 31.4 Å². The Hall–Kier alpha value is -2.57. The molecule has 0 bridgehead atoms. The predicted molar refractivity (Wildman–Crippen MR) is 90.4 cm³/mol. The van der Waals surface area contributed by atoms with Gasteiger partial charge in [0.1, 0.15) is 5.82 Å². The largest absolute Gasteiger partial charge is 0.419 e. The number of halogens is 1. The highest BCUT2D eigenvalue weighted by Crippen LogP contribution is 2.32. The van der Waals surface area contributed by atoms with Gasteiger partial charge in [0, 0.05) is 33.1 Å². The van der Waals surface area contributed by atoms with Crippen LogP contribution in [0.2, 0.25) is 0 Å². The molecule has 0 aliphatic carbocycles. The molecule has 0 unspecified atom stereocenters. The smallest absolute Gasteiger partial charge is 0.350 e. The number of cyclic esters (lactones) is 2. The van der Waals surface area contributed by atoms with Gasteiger partial charge in [-0.3, -0.25) is 0 Å². The average molecular weight is 348 g/mol. The van der Waals surface area contributed by atoms with E-state index in [1.807, 2.05) is 4.90 Å². The average Bonchev–Trinajstić information content (AvgIpc) is 2.54. The first-order valence-electron chi connectivity index (χ1n) is 8.34. The molecule has 0 saturated carbocycles. The second-order valence-corrected chi connectivity index (χ2v) is 6.56. The second kappa shape index (κ2) is 6.74. The minimum Gasteiger partial charge on any atom is -0.419 e. The van der Waals surface area contributed by atoms with Crippen molar-refractivity contribution >= 4 is 23.3 Å². The van der Waals surface area contributed by atoms with Gasteiger partial charge in [0.05, 0.1) is 11.4 Å². The summed E-state index contributed by atoms with van der Waals surface area (Å²) in [6.45, 7) is 4.50. The molecule has 1 aromatic rings. The first kappa shape index (κ1) is 17.3. The standard InChI is InChI=1S/C18H21FN2O4/c1-18(2)24-16(22)12(17(23)25-18)11-20-14-8-6-7-13(19)15(14)21-9-4-3-5-10-21/h6-8,11,20H,3-5,9-10H2,1-2H3. The van der Waals surface area contributed by atoms with Crippen molar-refractivity contribution in [1.82, 2.24) is 0 Å². The third-order valence-corrected chi connectivity index (χ3v) is 4.15. The van der Waals surface area contributed by atoms with Crippen LogP contribution >= 0.6 is 0 Å². The van der Waals surface area contributed by atoms with Crippen molar-refractivity contribution in [3.8, 4) is 0 Å². The molecule has 2 heterocycles. The normalized spacial score (nSPS) is 20.0. The molecule has 2 aliphatic rings. The van der Waals surface area contributed by atoms with Crippen molar-refractivity contribution in [2.75, 3.05) is 23.3 Å². The van der Waals surface area contributed by atoms with E-state index in [1.54, 1.807) is 12.1 Å². The van der Waals surface area contributed by atoms with Crippen molar-refractivity contribution in [2.45, 2.75) is 38.9 Å². The number of hydrogen-bond acceptors (Lipinski definition) is 6. The molecule has 0 radical (unpaired) electrons. The highest BCUT2D eigenvalue weighted by Gasteiger charge is 2.39. The van der Waals surface area contributed by atoms with E-state index in [0.29, 0.717) is 11.4 Å². The van der Waals surface area contributed by atoms with Crippen LogP contribution < -0.4 is 10.2 Å². The van der Waals surface area contributed by atoms with Gasteiger partial charge in [0.15, 0.2) is 5.57 Å². The molecule has 0 atom stereocenters. The van der Waals surface area contributed by atoms with E-state index < -0.39 is 17.7 Å². The third kappa shape index (κ3) is 3.75. The van der Waals surface area contributed by atoms with Crippen LogP contribution in [0.4, 0.5) is 15.8 Å². The van der Waals surface area contributed by atoms with E-state index in [4.69, 9.17) is 9.47 Å². The monoisotopic (exact) mass is 348 g/mol. The molecule has 134 valence electrons. The van der Waals surface area contributed by atoms with E-state index >= 15 is 0 Å². The van der Waals surface area contributed by atoms with Crippen molar-refractivity contribution in [3.63, 3.8) is 0 Å². The number of carbonyl (C=O) groups excluding carboxylic acids is 2. The van der Waals surface area contributed by atoms with Crippen molar-refractivity contribution < 1.29 is 23.5 Å². The van der Waals surface area contributed by atoms with Crippen LogP contribution in [0.1, 0.15) is 33.1 Å². The van der Waals surface area contributed by atoms with Crippen LogP contribution in [0, 0.1) is 5.82 Å². The number of ether oxygens (including phenoxy) is 2. The van der Waals surface area contributed by atoms with Crippen molar-refractivity contribution in [3.05, 3.63) is 35.8 Å². The van der Waals surface area contributed by atoms with Crippen molar-refractivity contribution in [1.29, 1.82) is 0 Å². The maximum absolute atomic E-state index is 14.4. The number of esters is 2. The summed E-state index contributed by atoms with van der Waals surface area (Å²) >= 11 is 0. The third-order valence-electron chi connectivity index (χ3n) is 4.15. The van der Waals surface area contributed by atoms with Gasteiger partial charge in [-0.2, -0.15) is 0 Å². The number of para-hydroxylation sites is 1. The Morgan fingerprint density at radius 3 is 2.40 bits per heavy atom. The Morgan fingerprint density at radius 1 is 1.12 bits per heavy atom. The van der Waals surface area contributed by atoms with Crippen molar-refractivity contribution in [2.24, 2.45) is 0 Å². The van der Waals surface area contributed by atoms with Gasteiger partial charge in [-0.25, -0.2) is 14.0 Å². The minimum absolute atomic E-state index is 0.256. The summed E-state index contributed by atoms with van der Waals surface area (Å²) in [5, 5.41) is 2.86. The number of benzene rings is 1. The molecule has 3 rings (SSSR count). The van der Waals surface area contributed by atoms with E-state index in [9.17, 15) is 14.0 Å². The van der Waals surface area contributed by atoms with E-state index in [1.165, 1.54) is 26.1 Å². The summed E-state index contributed by atoms with van der Waals surface area (Å²) in [7, 11) is 0. The number of carbonyl (C=O) groups is 2. The molecule has 2 aliphatic heterocycles. The highest BCUT2D eigenvalue weighted by atomic mass is 19.1. The van der Waals surface area contributed by atoms with Gasteiger partial charge in [0.2, 0.25) is 0 Å². The number of nitrogens with one attached hydrogen (secondary N) is 1. The minimum atomic E-state index is -1.29. The molecule has 0 aromatic heterocycles. The zero-order chi connectivity index (χ0) is 18.0. The van der Waals surface area contributed by atoms with Gasteiger partial charge in [-0.15, -0.1) is 0 Å². The SMILES string of the molecule is CC1(C)OC(=O)C(=CNc2cccc(F)c2N2CCCCC2)C(=O)O1. The Bertz CT molecular complexity index is 702. The van der Waals surface area contributed by atoms with Gasteiger partial charge in [-0.1, -0.05) is 6.07 Å². The molecule has 2 fully saturated rings. The molecule has 2 saturated heterocycles. The number of hydrogen-bond donors (Lipinski definition) is 1. The fourth-order valence-electron chi connectivity index (χ4n) is 3.00. The molecule has 0 amide bonds. The Morgan fingerprint density at radius 2 is 1.76 bits per heavy atom. The molecule has 0 spiro atoms. The zero-order valence-corrected chi connectivity index (χ0v) is 14.3. The fraction of sp³-hybridized carbons (Fsp3) is 0.444. The molecule has 1 N–H and O–H groups in total. The summed E-state index contributed by atoms with van der Waals surface area (Å²) < 4.78 is 24.5. The molecule has 6 nitrogen and oxygen atoms in total. The van der Waals surface area contributed by atoms with E-state index in [0.717, 1.165) is 32.4 Å². The number of rotatable bonds is 3. The van der Waals surface area contributed by atoms with Crippen LogP contribution in [-0.4, -0.2) is 30.8 Å². The Balaban J connectivity index is 1.85. The molecule has 1 aromatic carbocycles. The number of anilines is 2. The molecule has 25 heavy (non-hydrogen) atoms. The quantitative estimate of drug-likeness (QED) is 0.515. The van der Waals surface area contributed by atoms with Gasteiger partial charge in [0.25, 0.3) is 5.79 Å². The van der Waals surface area contributed by atoms with Crippen LogP contribution in [-0.2, 0) is 19.1 Å². The Labute approximate surface area is 145 Å². The Kier molecular flexibility index (Phi) is 4.65. The number of piperidine rings is 1. The van der Waals surface area contributed by atoms with Crippen LogP contribution in [0.3, 0.4) is 0 Å². The van der Waals surface area contributed by atoms with E-state index in [-0.39, 0.29) is 11.4 Å². The van der Waals surface area contributed by atoms with Gasteiger partial charge >= 0.3 is 11.9 Å². The lowest BCUT2D eigenvalue weighted by molar-refractivity contribution is -0.222. The molecule has 7 heteroatoms. The van der Waals surface area contributed by atoms with Gasteiger partial charge < -0.3 is 19.7 Å². The second-order valence-electron chi connectivity index (χ2n) is 6.56. The first-order valence-corrected chi connectivity index (χ1v) is 8.34. The van der Waals surface area contributed by atoms with E-state index in [2.05, 4.69) is 5.32 Å². The van der Waals surface area contributed by atoms with Crippen LogP contribution in [0.5, 0.6) is 0 Å². The lowest BCUT2D eigenvalue weighted by Gasteiger charge is -2.31. The van der Waals surface area contributed by atoms with Crippen LogP contribution in [0.25, 0.3) is 0 Å². The zero-order valence-electron chi connectivity index (χ0n) is 14.3. The molecular weight excluding hydrogens is 327 g/mol. The maximum Gasteiger partial charge on any atom is 0.350 e.